The van der Waals surface area contributed by atoms with Crippen LogP contribution in [-0.2, 0) is 11.3 Å². The maximum absolute atomic E-state index is 11.5. The van der Waals surface area contributed by atoms with E-state index in [1.54, 1.807) is 4.90 Å². The molecule has 6 nitrogen and oxygen atoms in total. The van der Waals surface area contributed by atoms with E-state index in [0.29, 0.717) is 24.2 Å². The van der Waals surface area contributed by atoms with Gasteiger partial charge in [0, 0.05) is 26.2 Å². The van der Waals surface area contributed by atoms with Crippen LogP contribution in [0.3, 0.4) is 0 Å². The Bertz CT molecular complexity index is 406. The minimum atomic E-state index is -0.226. The molecule has 1 aromatic rings. The molecular formula is C10H15ClN4O2S. The number of ether oxygens (including phenoxy) is 1. The zero-order valence-electron chi connectivity index (χ0n) is 10.1. The lowest BCUT2D eigenvalue weighted by molar-refractivity contribution is 0.0778. The second kappa shape index (κ2) is 6.31. The molecule has 18 heavy (non-hydrogen) atoms. The number of carbonyl (C=O) groups is 1. The zero-order valence-corrected chi connectivity index (χ0v) is 11.7. The van der Waals surface area contributed by atoms with Crippen molar-refractivity contribution in [3.63, 3.8) is 0 Å². The van der Waals surface area contributed by atoms with Crippen molar-refractivity contribution in [1.29, 1.82) is 0 Å². The van der Waals surface area contributed by atoms with Crippen LogP contribution in [-0.4, -0.2) is 58.9 Å². The molecule has 1 aliphatic rings. The Labute approximate surface area is 114 Å². The van der Waals surface area contributed by atoms with Gasteiger partial charge in [0.25, 0.3) is 0 Å². The van der Waals surface area contributed by atoms with E-state index in [1.807, 2.05) is 6.92 Å². The van der Waals surface area contributed by atoms with E-state index in [1.165, 1.54) is 11.3 Å². The SMILES string of the molecule is CCOC(=O)N1CCN(Cc2nnc(Cl)s2)CC1. The first-order chi connectivity index (χ1) is 8.69. The van der Waals surface area contributed by atoms with Gasteiger partial charge in [0.2, 0.25) is 4.47 Å². The van der Waals surface area contributed by atoms with Crippen LogP contribution in [0.5, 0.6) is 0 Å². The van der Waals surface area contributed by atoms with Gasteiger partial charge >= 0.3 is 6.09 Å². The predicted octanol–water partition coefficient (Wildman–Crippen LogP) is 1.47. The first kappa shape index (κ1) is 13.5. The number of nitrogens with zero attached hydrogens (tertiary/aromatic N) is 4. The minimum Gasteiger partial charge on any atom is -0.450 e. The molecule has 0 aliphatic carbocycles. The van der Waals surface area contributed by atoms with E-state index >= 15 is 0 Å². The van der Waals surface area contributed by atoms with E-state index < -0.39 is 0 Å². The third kappa shape index (κ3) is 3.54. The Kier molecular flexibility index (Phi) is 4.73. The highest BCUT2D eigenvalue weighted by atomic mass is 35.5. The summed E-state index contributed by atoms with van der Waals surface area (Å²) in [6.45, 7) is 5.97. The van der Waals surface area contributed by atoms with Gasteiger partial charge < -0.3 is 9.64 Å². The third-order valence-electron chi connectivity index (χ3n) is 2.70. The fourth-order valence-electron chi connectivity index (χ4n) is 1.79. The molecular weight excluding hydrogens is 276 g/mol. The van der Waals surface area contributed by atoms with Gasteiger partial charge in [-0.05, 0) is 18.5 Å². The molecule has 1 saturated heterocycles. The first-order valence-electron chi connectivity index (χ1n) is 5.81. The van der Waals surface area contributed by atoms with Gasteiger partial charge in [0.05, 0.1) is 13.2 Å². The van der Waals surface area contributed by atoms with Gasteiger partial charge in [0.15, 0.2) is 0 Å². The maximum atomic E-state index is 11.5. The lowest BCUT2D eigenvalue weighted by Crippen LogP contribution is -2.48. The molecule has 1 fully saturated rings. The molecule has 8 heteroatoms. The summed E-state index contributed by atoms with van der Waals surface area (Å²) < 4.78 is 5.44. The largest absolute Gasteiger partial charge is 0.450 e. The molecule has 0 radical (unpaired) electrons. The van der Waals surface area contributed by atoms with Crippen molar-refractivity contribution in [3.8, 4) is 0 Å². The number of aromatic nitrogens is 2. The summed E-state index contributed by atoms with van der Waals surface area (Å²) >= 11 is 7.13. The normalized spacial score (nSPS) is 16.9. The first-order valence-corrected chi connectivity index (χ1v) is 7.00. The summed E-state index contributed by atoms with van der Waals surface area (Å²) in [5.41, 5.74) is 0. The highest BCUT2D eigenvalue weighted by molar-refractivity contribution is 7.15. The van der Waals surface area contributed by atoms with Gasteiger partial charge in [0.1, 0.15) is 5.01 Å². The van der Waals surface area contributed by atoms with E-state index in [0.717, 1.165) is 24.6 Å². The average Bonchev–Trinajstić information content (AvgIpc) is 2.76. The molecule has 0 unspecified atom stereocenters. The lowest BCUT2D eigenvalue weighted by atomic mass is 10.3. The number of amides is 1. The van der Waals surface area contributed by atoms with E-state index in [2.05, 4.69) is 15.1 Å². The lowest BCUT2D eigenvalue weighted by Gasteiger charge is -2.33. The molecule has 1 amide bonds. The van der Waals surface area contributed by atoms with Crippen LogP contribution in [0.4, 0.5) is 4.79 Å². The van der Waals surface area contributed by atoms with E-state index in [9.17, 15) is 4.79 Å². The number of halogens is 1. The number of piperazine rings is 1. The summed E-state index contributed by atoms with van der Waals surface area (Å²) in [6, 6.07) is 0. The highest BCUT2D eigenvalue weighted by Crippen LogP contribution is 2.17. The zero-order chi connectivity index (χ0) is 13.0. The minimum absolute atomic E-state index is 0.226. The van der Waals surface area contributed by atoms with Crippen LogP contribution in [0, 0.1) is 0 Å². The average molecular weight is 291 g/mol. The Morgan fingerprint density at radius 1 is 1.39 bits per heavy atom. The van der Waals surface area contributed by atoms with E-state index in [-0.39, 0.29) is 6.09 Å². The predicted molar refractivity (Wildman–Crippen MR) is 68.8 cm³/mol. The summed E-state index contributed by atoms with van der Waals surface area (Å²) in [5, 5.41) is 8.66. The number of hydrogen-bond donors (Lipinski definition) is 0. The van der Waals surface area contributed by atoms with Crippen molar-refractivity contribution in [3.05, 3.63) is 9.47 Å². The van der Waals surface area contributed by atoms with Crippen LogP contribution in [0.25, 0.3) is 0 Å². The van der Waals surface area contributed by atoms with Crippen molar-refractivity contribution < 1.29 is 9.53 Å². The fraction of sp³-hybridized carbons (Fsp3) is 0.700. The Morgan fingerprint density at radius 3 is 2.67 bits per heavy atom. The Hall–Kier alpha value is -0.920. The quantitative estimate of drug-likeness (QED) is 0.844. The number of rotatable bonds is 3. The standard InChI is InChI=1S/C10H15ClN4O2S/c1-2-17-10(16)15-5-3-14(4-6-15)7-8-12-13-9(11)18-8/h2-7H2,1H3. The van der Waals surface area contributed by atoms with Crippen molar-refractivity contribution in [2.24, 2.45) is 0 Å². The summed E-state index contributed by atoms with van der Waals surface area (Å²) in [6.07, 6.45) is -0.226. The van der Waals surface area contributed by atoms with E-state index in [4.69, 9.17) is 16.3 Å². The summed E-state index contributed by atoms with van der Waals surface area (Å²) in [7, 11) is 0. The van der Waals surface area contributed by atoms with Crippen molar-refractivity contribution in [1.82, 2.24) is 20.0 Å². The molecule has 1 aromatic heterocycles. The number of hydrogen-bond acceptors (Lipinski definition) is 6. The van der Waals surface area contributed by atoms with Gasteiger partial charge in [-0.15, -0.1) is 10.2 Å². The second-order valence-corrected chi connectivity index (χ2v) is 5.56. The highest BCUT2D eigenvalue weighted by Gasteiger charge is 2.22. The van der Waals surface area contributed by atoms with Crippen molar-refractivity contribution in [2.75, 3.05) is 32.8 Å². The molecule has 100 valence electrons. The van der Waals surface area contributed by atoms with Gasteiger partial charge in [-0.3, -0.25) is 4.90 Å². The van der Waals surface area contributed by atoms with Crippen LogP contribution in [0.1, 0.15) is 11.9 Å². The molecule has 2 rings (SSSR count). The van der Waals surface area contributed by atoms with Crippen molar-refractivity contribution in [2.45, 2.75) is 13.5 Å². The van der Waals surface area contributed by atoms with Gasteiger partial charge in [-0.2, -0.15) is 0 Å². The maximum Gasteiger partial charge on any atom is 0.409 e. The fourth-order valence-corrected chi connectivity index (χ4v) is 2.70. The van der Waals surface area contributed by atoms with Crippen LogP contribution >= 0.6 is 22.9 Å². The summed E-state index contributed by atoms with van der Waals surface area (Å²) in [4.78, 5) is 15.5. The molecule has 0 N–H and O–H groups in total. The van der Waals surface area contributed by atoms with Crippen LogP contribution in [0.2, 0.25) is 4.47 Å². The van der Waals surface area contributed by atoms with Gasteiger partial charge in [-0.25, -0.2) is 4.79 Å². The Morgan fingerprint density at radius 2 is 2.11 bits per heavy atom. The number of carbonyl (C=O) groups excluding carboxylic acids is 1. The molecule has 0 saturated carbocycles. The molecule has 0 atom stereocenters. The third-order valence-corrected chi connectivity index (χ3v) is 3.70. The van der Waals surface area contributed by atoms with Gasteiger partial charge in [-0.1, -0.05) is 11.3 Å². The molecule has 2 heterocycles. The van der Waals surface area contributed by atoms with Crippen molar-refractivity contribution >= 4 is 29.0 Å². The molecule has 0 spiro atoms. The van der Waals surface area contributed by atoms with Crippen LogP contribution < -0.4 is 0 Å². The second-order valence-electron chi connectivity index (χ2n) is 3.91. The smallest absolute Gasteiger partial charge is 0.409 e. The van der Waals surface area contributed by atoms with Crippen LogP contribution in [0.15, 0.2) is 0 Å². The molecule has 0 aromatic carbocycles. The molecule has 0 bridgehead atoms. The summed E-state index contributed by atoms with van der Waals surface area (Å²) in [5.74, 6) is 0. The topological polar surface area (TPSA) is 58.6 Å². The monoisotopic (exact) mass is 290 g/mol. The Balaban J connectivity index is 1.78. The molecule has 1 aliphatic heterocycles.